The number of ether oxygens (including phenoxy) is 2. The quantitative estimate of drug-likeness (QED) is 0.801. The molecule has 0 unspecified atom stereocenters. The normalized spacial score (nSPS) is 15.7. The van der Waals surface area contributed by atoms with E-state index in [2.05, 4.69) is 9.88 Å². The van der Waals surface area contributed by atoms with Crippen molar-refractivity contribution in [2.24, 2.45) is 0 Å². The van der Waals surface area contributed by atoms with Gasteiger partial charge in [-0.3, -0.25) is 4.90 Å². The van der Waals surface area contributed by atoms with E-state index >= 15 is 0 Å². The predicted octanol–water partition coefficient (Wildman–Crippen LogP) is 1.49. The van der Waals surface area contributed by atoms with E-state index in [4.69, 9.17) is 9.47 Å². The van der Waals surface area contributed by atoms with Crippen molar-refractivity contribution in [3.05, 3.63) is 48.0 Å². The van der Waals surface area contributed by atoms with Crippen LogP contribution in [-0.4, -0.2) is 53.8 Å². The second kappa shape index (κ2) is 6.72. The van der Waals surface area contributed by atoms with Crippen LogP contribution in [0.25, 0.3) is 5.69 Å². The Morgan fingerprint density at radius 1 is 1.27 bits per heavy atom. The number of carbonyl (C=O) groups excluding carboxylic acids is 1. The molecular weight excluding hydrogens is 282 g/mol. The number of nitrogens with zero attached hydrogens (tertiary/aromatic N) is 3. The molecule has 1 aromatic carbocycles. The van der Waals surface area contributed by atoms with Crippen molar-refractivity contribution in [3.8, 4) is 5.69 Å². The van der Waals surface area contributed by atoms with Crippen molar-refractivity contribution >= 4 is 5.97 Å². The van der Waals surface area contributed by atoms with Crippen LogP contribution in [0, 0.1) is 0 Å². The number of esters is 1. The van der Waals surface area contributed by atoms with E-state index in [0.29, 0.717) is 5.56 Å². The maximum absolute atomic E-state index is 11.4. The van der Waals surface area contributed by atoms with E-state index in [1.807, 2.05) is 22.9 Å². The van der Waals surface area contributed by atoms with Crippen LogP contribution in [0.1, 0.15) is 16.1 Å². The van der Waals surface area contributed by atoms with Crippen LogP contribution >= 0.6 is 0 Å². The molecule has 0 aliphatic carbocycles. The van der Waals surface area contributed by atoms with Crippen LogP contribution < -0.4 is 0 Å². The summed E-state index contributed by atoms with van der Waals surface area (Å²) in [5.74, 6) is -0.329. The van der Waals surface area contributed by atoms with Gasteiger partial charge in [-0.1, -0.05) is 0 Å². The molecule has 0 spiro atoms. The number of carbonyl (C=O) groups is 1. The summed E-state index contributed by atoms with van der Waals surface area (Å²) in [7, 11) is 1.38. The first kappa shape index (κ1) is 14.7. The summed E-state index contributed by atoms with van der Waals surface area (Å²) >= 11 is 0. The Labute approximate surface area is 129 Å². The molecule has 1 aliphatic rings. The molecule has 0 saturated carbocycles. The molecule has 1 saturated heterocycles. The molecule has 0 atom stereocenters. The second-order valence-electron chi connectivity index (χ2n) is 5.20. The number of imidazole rings is 1. The largest absolute Gasteiger partial charge is 0.465 e. The minimum atomic E-state index is -0.329. The highest BCUT2D eigenvalue weighted by Gasteiger charge is 2.12. The van der Waals surface area contributed by atoms with Crippen LogP contribution in [0.2, 0.25) is 0 Å². The first-order chi connectivity index (χ1) is 10.8. The van der Waals surface area contributed by atoms with E-state index in [1.165, 1.54) is 7.11 Å². The number of methoxy groups -OCH3 is 1. The molecule has 6 nitrogen and oxygen atoms in total. The van der Waals surface area contributed by atoms with Gasteiger partial charge in [-0.25, -0.2) is 9.78 Å². The van der Waals surface area contributed by atoms with E-state index in [1.54, 1.807) is 18.5 Å². The third-order valence-electron chi connectivity index (χ3n) is 3.71. The van der Waals surface area contributed by atoms with Gasteiger partial charge in [-0.05, 0) is 24.3 Å². The minimum Gasteiger partial charge on any atom is -0.465 e. The third-order valence-corrected chi connectivity index (χ3v) is 3.71. The molecule has 0 N–H and O–H groups in total. The Balaban J connectivity index is 1.68. The second-order valence-corrected chi connectivity index (χ2v) is 5.20. The van der Waals surface area contributed by atoms with E-state index in [9.17, 15) is 4.79 Å². The zero-order valence-corrected chi connectivity index (χ0v) is 12.6. The molecule has 3 rings (SSSR count). The fourth-order valence-corrected chi connectivity index (χ4v) is 2.46. The Hall–Kier alpha value is -2.18. The van der Waals surface area contributed by atoms with Gasteiger partial charge in [0.15, 0.2) is 0 Å². The molecule has 6 heteroatoms. The lowest BCUT2D eigenvalue weighted by Crippen LogP contribution is -2.35. The van der Waals surface area contributed by atoms with Crippen molar-refractivity contribution in [1.29, 1.82) is 0 Å². The highest BCUT2D eigenvalue weighted by Crippen LogP contribution is 2.12. The molecule has 2 aromatic rings. The molecule has 1 fully saturated rings. The summed E-state index contributed by atoms with van der Waals surface area (Å²) < 4.78 is 12.0. The van der Waals surface area contributed by atoms with Gasteiger partial charge < -0.3 is 14.0 Å². The topological polar surface area (TPSA) is 56.6 Å². The molecule has 22 heavy (non-hydrogen) atoms. The number of morpholine rings is 1. The van der Waals surface area contributed by atoms with Crippen molar-refractivity contribution < 1.29 is 14.3 Å². The lowest BCUT2D eigenvalue weighted by molar-refractivity contribution is 0.0337. The van der Waals surface area contributed by atoms with Crippen LogP contribution in [0.3, 0.4) is 0 Å². The van der Waals surface area contributed by atoms with E-state index in [-0.39, 0.29) is 5.97 Å². The monoisotopic (exact) mass is 301 g/mol. The van der Waals surface area contributed by atoms with Gasteiger partial charge in [0.2, 0.25) is 0 Å². The molecular formula is C16H19N3O3. The predicted molar refractivity (Wildman–Crippen MR) is 81.0 cm³/mol. The molecule has 0 amide bonds. The van der Waals surface area contributed by atoms with Gasteiger partial charge in [0.25, 0.3) is 0 Å². The average Bonchev–Trinajstić information content (AvgIpc) is 3.04. The summed E-state index contributed by atoms with van der Waals surface area (Å²) in [6.07, 6.45) is 3.81. The van der Waals surface area contributed by atoms with E-state index < -0.39 is 0 Å². The number of aromatic nitrogens is 2. The van der Waals surface area contributed by atoms with Crippen LogP contribution in [0.5, 0.6) is 0 Å². The SMILES string of the molecule is COC(=O)c1ccc(-n2cnc(CN3CCOCC3)c2)cc1. The van der Waals surface area contributed by atoms with Crippen LogP contribution in [-0.2, 0) is 16.0 Å². The lowest BCUT2D eigenvalue weighted by atomic mass is 10.2. The third kappa shape index (κ3) is 3.35. The molecule has 0 bridgehead atoms. The van der Waals surface area contributed by atoms with Crippen molar-refractivity contribution in [2.75, 3.05) is 33.4 Å². The summed E-state index contributed by atoms with van der Waals surface area (Å²) in [6, 6.07) is 7.27. The molecule has 1 aliphatic heterocycles. The Bertz CT molecular complexity index is 630. The molecule has 0 radical (unpaired) electrons. The molecule has 1 aromatic heterocycles. The fourth-order valence-electron chi connectivity index (χ4n) is 2.46. The van der Waals surface area contributed by atoms with Gasteiger partial charge in [-0.2, -0.15) is 0 Å². The maximum Gasteiger partial charge on any atom is 0.337 e. The number of hydrogen-bond donors (Lipinski definition) is 0. The van der Waals surface area contributed by atoms with Crippen molar-refractivity contribution in [3.63, 3.8) is 0 Å². The summed E-state index contributed by atoms with van der Waals surface area (Å²) in [6.45, 7) is 4.30. The zero-order valence-electron chi connectivity index (χ0n) is 12.6. The Morgan fingerprint density at radius 2 is 2.00 bits per heavy atom. The lowest BCUT2D eigenvalue weighted by Gasteiger charge is -2.25. The Morgan fingerprint density at radius 3 is 2.68 bits per heavy atom. The average molecular weight is 301 g/mol. The van der Waals surface area contributed by atoms with Gasteiger partial charge in [-0.15, -0.1) is 0 Å². The standard InChI is InChI=1S/C16H19N3O3/c1-21-16(20)13-2-4-15(5-3-13)19-11-14(17-12-19)10-18-6-8-22-9-7-18/h2-5,11-12H,6-10H2,1H3. The Kier molecular flexibility index (Phi) is 4.50. The summed E-state index contributed by atoms with van der Waals surface area (Å²) in [5, 5.41) is 0. The number of rotatable bonds is 4. The van der Waals surface area contributed by atoms with Crippen LogP contribution in [0.4, 0.5) is 0 Å². The first-order valence-electron chi connectivity index (χ1n) is 7.28. The zero-order chi connectivity index (χ0) is 15.4. The number of benzene rings is 1. The van der Waals surface area contributed by atoms with Gasteiger partial charge in [0.1, 0.15) is 0 Å². The van der Waals surface area contributed by atoms with Gasteiger partial charge in [0, 0.05) is 31.5 Å². The molecule has 2 heterocycles. The van der Waals surface area contributed by atoms with E-state index in [0.717, 1.165) is 44.2 Å². The smallest absolute Gasteiger partial charge is 0.337 e. The summed E-state index contributed by atoms with van der Waals surface area (Å²) in [4.78, 5) is 18.2. The fraction of sp³-hybridized carbons (Fsp3) is 0.375. The first-order valence-corrected chi connectivity index (χ1v) is 7.28. The van der Waals surface area contributed by atoms with Gasteiger partial charge in [0.05, 0.1) is 37.9 Å². The van der Waals surface area contributed by atoms with Crippen molar-refractivity contribution in [2.45, 2.75) is 6.54 Å². The maximum atomic E-state index is 11.4. The molecule has 116 valence electrons. The number of hydrogen-bond acceptors (Lipinski definition) is 5. The van der Waals surface area contributed by atoms with Crippen LogP contribution in [0.15, 0.2) is 36.8 Å². The minimum absolute atomic E-state index is 0.329. The van der Waals surface area contributed by atoms with Crippen molar-refractivity contribution in [1.82, 2.24) is 14.5 Å². The van der Waals surface area contributed by atoms with Gasteiger partial charge >= 0.3 is 5.97 Å². The highest BCUT2D eigenvalue weighted by molar-refractivity contribution is 5.89. The summed E-state index contributed by atoms with van der Waals surface area (Å²) in [5.41, 5.74) is 2.53. The highest BCUT2D eigenvalue weighted by atomic mass is 16.5.